The topological polar surface area (TPSA) is 48.1 Å². The Morgan fingerprint density at radius 2 is 2.18 bits per heavy atom. The van der Waals surface area contributed by atoms with Crippen LogP contribution in [0.15, 0.2) is 36.5 Å². The second-order valence-corrected chi connectivity index (χ2v) is 3.84. The number of hydrogen-bond acceptors (Lipinski definition) is 3. The Bertz CT molecular complexity index is 534. The first-order valence-corrected chi connectivity index (χ1v) is 5.32. The van der Waals surface area contributed by atoms with Gasteiger partial charge in [0.15, 0.2) is 11.6 Å². The van der Waals surface area contributed by atoms with E-state index in [1.54, 1.807) is 24.4 Å². The molecule has 1 aromatic heterocycles. The van der Waals surface area contributed by atoms with Crippen LogP contribution >= 0.6 is 11.6 Å². The number of anilines is 1. The van der Waals surface area contributed by atoms with Gasteiger partial charge in [0.2, 0.25) is 0 Å². The van der Waals surface area contributed by atoms with Crippen molar-refractivity contribution >= 4 is 17.4 Å². The van der Waals surface area contributed by atoms with Crippen molar-refractivity contribution in [3.8, 4) is 5.75 Å². The summed E-state index contributed by atoms with van der Waals surface area (Å²) >= 11 is 5.64. The van der Waals surface area contributed by atoms with Crippen molar-refractivity contribution in [2.24, 2.45) is 0 Å². The van der Waals surface area contributed by atoms with E-state index in [0.717, 1.165) is 5.56 Å². The summed E-state index contributed by atoms with van der Waals surface area (Å²) in [6, 6.07) is 8.03. The lowest BCUT2D eigenvalue weighted by atomic mass is 10.3. The van der Waals surface area contributed by atoms with Crippen LogP contribution in [0.3, 0.4) is 0 Å². The average molecular weight is 253 g/mol. The van der Waals surface area contributed by atoms with E-state index in [-0.39, 0.29) is 17.4 Å². The van der Waals surface area contributed by atoms with Gasteiger partial charge in [-0.2, -0.15) is 0 Å². The minimum atomic E-state index is -0.559. The molecule has 0 amide bonds. The van der Waals surface area contributed by atoms with E-state index in [4.69, 9.17) is 22.1 Å². The normalized spacial score (nSPS) is 10.2. The Balaban J connectivity index is 2.10. The monoisotopic (exact) mass is 252 g/mol. The van der Waals surface area contributed by atoms with Crippen LogP contribution in [0.25, 0.3) is 0 Å². The van der Waals surface area contributed by atoms with Gasteiger partial charge in [0.25, 0.3) is 0 Å². The maximum absolute atomic E-state index is 13.5. The number of rotatable bonds is 3. The van der Waals surface area contributed by atoms with Crippen molar-refractivity contribution in [2.45, 2.75) is 6.61 Å². The molecule has 17 heavy (non-hydrogen) atoms. The standard InChI is InChI=1S/C12H10ClFN2O/c13-9-2-1-3-10(12(9)14)17-7-8-4-5-16-11(15)6-8/h1-6H,7H2,(H2,15,16). The molecule has 0 spiro atoms. The summed E-state index contributed by atoms with van der Waals surface area (Å²) < 4.78 is 18.8. The molecule has 2 aromatic rings. The molecule has 0 saturated carbocycles. The van der Waals surface area contributed by atoms with Crippen LogP contribution in [0.4, 0.5) is 10.2 Å². The summed E-state index contributed by atoms with van der Waals surface area (Å²) in [6.45, 7) is 0.212. The molecule has 1 heterocycles. The minimum Gasteiger partial charge on any atom is -0.486 e. The largest absolute Gasteiger partial charge is 0.486 e. The summed E-state index contributed by atoms with van der Waals surface area (Å²) in [6.07, 6.45) is 1.57. The highest BCUT2D eigenvalue weighted by molar-refractivity contribution is 6.30. The fourth-order valence-electron chi connectivity index (χ4n) is 1.34. The number of aromatic nitrogens is 1. The fraction of sp³-hybridized carbons (Fsp3) is 0.0833. The number of hydrogen-bond donors (Lipinski definition) is 1. The molecule has 0 atom stereocenters. The van der Waals surface area contributed by atoms with Crippen molar-refractivity contribution in [2.75, 3.05) is 5.73 Å². The molecule has 0 aliphatic heterocycles. The number of ether oxygens (including phenoxy) is 1. The number of nitrogens with zero attached hydrogens (tertiary/aromatic N) is 1. The third kappa shape index (κ3) is 2.85. The summed E-state index contributed by atoms with van der Waals surface area (Å²) in [4.78, 5) is 3.85. The molecule has 0 aliphatic rings. The number of nitrogen functional groups attached to an aromatic ring is 1. The van der Waals surface area contributed by atoms with Crippen LogP contribution in [0.2, 0.25) is 5.02 Å². The van der Waals surface area contributed by atoms with E-state index >= 15 is 0 Å². The lowest BCUT2D eigenvalue weighted by Crippen LogP contribution is -1.99. The molecular weight excluding hydrogens is 243 g/mol. The second kappa shape index (κ2) is 5.01. The van der Waals surface area contributed by atoms with Crippen LogP contribution in [0, 0.1) is 5.82 Å². The van der Waals surface area contributed by atoms with Crippen LogP contribution in [-0.4, -0.2) is 4.98 Å². The molecule has 2 N–H and O–H groups in total. The van der Waals surface area contributed by atoms with E-state index in [1.807, 2.05) is 0 Å². The molecule has 0 bridgehead atoms. The first-order chi connectivity index (χ1) is 8.16. The Hall–Kier alpha value is -1.81. The molecule has 0 radical (unpaired) electrons. The first kappa shape index (κ1) is 11.7. The van der Waals surface area contributed by atoms with Gasteiger partial charge in [-0.15, -0.1) is 0 Å². The second-order valence-electron chi connectivity index (χ2n) is 3.43. The molecule has 3 nitrogen and oxygen atoms in total. The molecule has 1 aromatic carbocycles. The van der Waals surface area contributed by atoms with Gasteiger partial charge in [-0.3, -0.25) is 0 Å². The number of halogens is 2. The van der Waals surface area contributed by atoms with E-state index in [1.165, 1.54) is 12.1 Å². The Morgan fingerprint density at radius 3 is 2.94 bits per heavy atom. The Labute approximate surface area is 103 Å². The van der Waals surface area contributed by atoms with Gasteiger partial charge in [0.05, 0.1) is 5.02 Å². The third-order valence-electron chi connectivity index (χ3n) is 2.16. The molecule has 0 unspecified atom stereocenters. The molecule has 88 valence electrons. The average Bonchev–Trinajstić information content (AvgIpc) is 2.31. The zero-order valence-electron chi connectivity index (χ0n) is 8.86. The highest BCUT2D eigenvalue weighted by Crippen LogP contribution is 2.24. The Kier molecular flexibility index (Phi) is 3.44. The lowest BCUT2D eigenvalue weighted by molar-refractivity contribution is 0.290. The summed E-state index contributed by atoms with van der Waals surface area (Å²) in [5, 5.41) is 0.0387. The van der Waals surface area contributed by atoms with Crippen molar-refractivity contribution in [3.63, 3.8) is 0 Å². The van der Waals surface area contributed by atoms with Gasteiger partial charge in [-0.25, -0.2) is 9.37 Å². The van der Waals surface area contributed by atoms with Crippen molar-refractivity contribution < 1.29 is 9.13 Å². The van der Waals surface area contributed by atoms with Crippen LogP contribution in [0.5, 0.6) is 5.75 Å². The number of pyridine rings is 1. The highest BCUT2D eigenvalue weighted by Gasteiger charge is 2.07. The number of benzene rings is 1. The van der Waals surface area contributed by atoms with E-state index in [0.29, 0.717) is 5.82 Å². The maximum Gasteiger partial charge on any atom is 0.183 e. The first-order valence-electron chi connectivity index (χ1n) is 4.94. The van der Waals surface area contributed by atoms with Crippen LogP contribution in [-0.2, 0) is 6.61 Å². The zero-order chi connectivity index (χ0) is 12.3. The minimum absolute atomic E-state index is 0.0387. The van der Waals surface area contributed by atoms with E-state index < -0.39 is 5.82 Å². The van der Waals surface area contributed by atoms with Crippen LogP contribution in [0.1, 0.15) is 5.56 Å². The van der Waals surface area contributed by atoms with Gasteiger partial charge in [0, 0.05) is 6.20 Å². The summed E-state index contributed by atoms with van der Waals surface area (Å²) in [5.74, 6) is -0.0401. The lowest BCUT2D eigenvalue weighted by Gasteiger charge is -2.08. The van der Waals surface area contributed by atoms with Crippen molar-refractivity contribution in [1.82, 2.24) is 4.98 Å². The third-order valence-corrected chi connectivity index (χ3v) is 2.45. The SMILES string of the molecule is Nc1cc(COc2cccc(Cl)c2F)ccn1. The summed E-state index contributed by atoms with van der Waals surface area (Å²) in [5.41, 5.74) is 6.34. The van der Waals surface area contributed by atoms with Gasteiger partial charge in [0.1, 0.15) is 12.4 Å². The molecule has 0 fully saturated rings. The Morgan fingerprint density at radius 1 is 1.35 bits per heavy atom. The molecule has 2 rings (SSSR count). The zero-order valence-corrected chi connectivity index (χ0v) is 9.62. The fourth-order valence-corrected chi connectivity index (χ4v) is 1.51. The predicted octanol–water partition coefficient (Wildman–Crippen LogP) is 3.04. The highest BCUT2D eigenvalue weighted by atomic mass is 35.5. The van der Waals surface area contributed by atoms with Gasteiger partial charge in [-0.1, -0.05) is 17.7 Å². The molecule has 0 aliphatic carbocycles. The smallest absolute Gasteiger partial charge is 0.183 e. The number of nitrogens with two attached hydrogens (primary N) is 1. The maximum atomic E-state index is 13.5. The summed E-state index contributed by atoms with van der Waals surface area (Å²) in [7, 11) is 0. The van der Waals surface area contributed by atoms with E-state index in [9.17, 15) is 4.39 Å². The molecule has 5 heteroatoms. The van der Waals surface area contributed by atoms with E-state index in [2.05, 4.69) is 4.98 Å². The van der Waals surface area contributed by atoms with Crippen LogP contribution < -0.4 is 10.5 Å². The van der Waals surface area contributed by atoms with Gasteiger partial charge in [-0.05, 0) is 29.8 Å². The molecule has 0 saturated heterocycles. The van der Waals surface area contributed by atoms with Crippen molar-refractivity contribution in [3.05, 3.63) is 52.9 Å². The van der Waals surface area contributed by atoms with Gasteiger partial charge >= 0.3 is 0 Å². The van der Waals surface area contributed by atoms with Crippen molar-refractivity contribution in [1.29, 1.82) is 0 Å². The quantitative estimate of drug-likeness (QED) is 0.913. The van der Waals surface area contributed by atoms with Gasteiger partial charge < -0.3 is 10.5 Å². The molecular formula is C12H10ClFN2O. The predicted molar refractivity (Wildman–Crippen MR) is 64.4 cm³/mol.